The number of allylic oxidation sites excluding steroid dienone is 3. The normalized spacial score (nSPS) is 15.8. The summed E-state index contributed by atoms with van der Waals surface area (Å²) in [5.41, 5.74) is 5.74. The third-order valence-electron chi connectivity index (χ3n) is 8.20. The number of aliphatic imine (C=N–C) groups is 1. The average Bonchev–Trinajstić information content (AvgIpc) is 3.46. The molecule has 5 heteroatoms. The molecule has 2 aromatic rings. The first-order valence-electron chi connectivity index (χ1n) is 16.6. The Balaban J connectivity index is 1.59. The molecule has 2 aromatic carbocycles. The molecule has 44 heavy (non-hydrogen) atoms. The molecule has 2 aliphatic rings. The van der Waals surface area contributed by atoms with E-state index in [0.717, 1.165) is 56.1 Å². The Labute approximate surface area is 266 Å². The van der Waals surface area contributed by atoms with Crippen LogP contribution in [0.1, 0.15) is 95.9 Å². The summed E-state index contributed by atoms with van der Waals surface area (Å²) in [5, 5.41) is 0. The topological polar surface area (TPSA) is 43.3 Å². The van der Waals surface area contributed by atoms with Gasteiger partial charge in [-0.1, -0.05) is 67.5 Å². The molecule has 238 valence electrons. The highest BCUT2D eigenvalue weighted by Crippen LogP contribution is 2.36. The molecule has 4 rings (SSSR count). The second kappa shape index (κ2) is 15.6. The molecule has 0 heterocycles. The lowest BCUT2D eigenvalue weighted by Crippen LogP contribution is -2.35. The predicted octanol–water partition coefficient (Wildman–Crippen LogP) is 9.00. The molecule has 0 spiro atoms. The van der Waals surface area contributed by atoms with E-state index in [-0.39, 0.29) is 5.60 Å². The Morgan fingerprint density at radius 1 is 0.909 bits per heavy atom. The molecule has 5 nitrogen and oxygen atoms in total. The van der Waals surface area contributed by atoms with E-state index in [1.54, 1.807) is 0 Å². The van der Waals surface area contributed by atoms with Gasteiger partial charge in [-0.3, -0.25) is 4.90 Å². The van der Waals surface area contributed by atoms with Crippen LogP contribution in [0.3, 0.4) is 0 Å². The highest BCUT2D eigenvalue weighted by Gasteiger charge is 2.31. The van der Waals surface area contributed by atoms with Crippen molar-refractivity contribution < 1.29 is 14.2 Å². The van der Waals surface area contributed by atoms with Crippen molar-refractivity contribution in [3.05, 3.63) is 101 Å². The van der Waals surface area contributed by atoms with Gasteiger partial charge >= 0.3 is 0 Å². The van der Waals surface area contributed by atoms with Gasteiger partial charge in [0.1, 0.15) is 17.1 Å². The van der Waals surface area contributed by atoms with Gasteiger partial charge in [0.15, 0.2) is 5.60 Å². The summed E-state index contributed by atoms with van der Waals surface area (Å²) >= 11 is 0. The zero-order valence-electron chi connectivity index (χ0n) is 28.1. The second-order valence-electron chi connectivity index (χ2n) is 13.5. The van der Waals surface area contributed by atoms with Gasteiger partial charge < -0.3 is 14.2 Å². The lowest BCUT2D eigenvalue weighted by atomic mass is 9.88. The van der Waals surface area contributed by atoms with Gasteiger partial charge in [-0.15, -0.1) is 0 Å². The van der Waals surface area contributed by atoms with E-state index in [0.29, 0.717) is 18.9 Å². The van der Waals surface area contributed by atoms with Gasteiger partial charge in [-0.2, -0.15) is 0 Å². The molecule has 0 fully saturated rings. The molecule has 0 atom stereocenters. The minimum absolute atomic E-state index is 0.321. The summed E-state index contributed by atoms with van der Waals surface area (Å²) in [6.07, 6.45) is 14.8. The summed E-state index contributed by atoms with van der Waals surface area (Å²) in [6, 6.07) is 14.7. The van der Waals surface area contributed by atoms with Gasteiger partial charge in [0.25, 0.3) is 0 Å². The van der Waals surface area contributed by atoms with Gasteiger partial charge in [0.2, 0.25) is 5.90 Å². The number of nitrogens with zero attached hydrogens (tertiary/aromatic N) is 2. The lowest BCUT2D eigenvalue weighted by molar-refractivity contribution is -0.0128. The minimum Gasteiger partial charge on any atom is -0.489 e. The first-order chi connectivity index (χ1) is 21.1. The van der Waals surface area contributed by atoms with E-state index >= 15 is 0 Å². The van der Waals surface area contributed by atoms with Crippen LogP contribution >= 0.6 is 0 Å². The number of rotatable bonds is 13. The van der Waals surface area contributed by atoms with Crippen LogP contribution in [0.5, 0.6) is 5.75 Å². The molecule has 0 radical (unpaired) electrons. The van der Waals surface area contributed by atoms with E-state index in [4.69, 9.17) is 19.2 Å². The first-order valence-corrected chi connectivity index (χ1v) is 16.6. The zero-order valence-corrected chi connectivity index (χ0v) is 28.1. The van der Waals surface area contributed by atoms with E-state index in [1.807, 2.05) is 45.9 Å². The Morgan fingerprint density at radius 3 is 2.30 bits per heavy atom. The van der Waals surface area contributed by atoms with Crippen LogP contribution in [0.4, 0.5) is 0 Å². The van der Waals surface area contributed by atoms with Gasteiger partial charge in [-0.05, 0) is 109 Å². The number of hydrogen-bond donors (Lipinski definition) is 0. The van der Waals surface area contributed by atoms with Crippen molar-refractivity contribution in [3.63, 3.8) is 0 Å². The fraction of sp³-hybridized carbons (Fsp3) is 0.513. The number of benzene rings is 2. The Morgan fingerprint density at radius 2 is 1.64 bits per heavy atom. The summed E-state index contributed by atoms with van der Waals surface area (Å²) in [4.78, 5) is 7.48. The highest BCUT2D eigenvalue weighted by atomic mass is 16.6. The second-order valence-corrected chi connectivity index (χ2v) is 13.5. The van der Waals surface area contributed by atoms with E-state index in [2.05, 4.69) is 67.8 Å². The van der Waals surface area contributed by atoms with Crippen LogP contribution in [0, 0.1) is 0 Å². The molecular formula is C39H54N2O3. The van der Waals surface area contributed by atoms with Crippen LogP contribution < -0.4 is 4.74 Å². The quantitative estimate of drug-likeness (QED) is 0.131. The van der Waals surface area contributed by atoms with Crippen LogP contribution in [0.2, 0.25) is 0 Å². The standard InChI is InChI=1S/C39H54N2O3/c1-8-42-37(32-20-12-11-13-21-32)40-26-27-41(28-31-18-16-17-19-31)29-33-24-25-36(35-23-15-10-9-14-22-34(33)35)44-39(6,7)30(2)43-38(3,4)5/h11-13,16-18,20-21,24-25H,2,8-10,14-15,19,22-23,26-29H2,1,3-7H3. The molecule has 0 N–H and O–H groups in total. The third kappa shape index (κ3) is 9.85. The fourth-order valence-corrected chi connectivity index (χ4v) is 5.91. The number of ether oxygens (including phenoxy) is 3. The smallest absolute Gasteiger partial charge is 0.216 e. The van der Waals surface area contributed by atoms with Crippen LogP contribution in [-0.2, 0) is 28.9 Å². The highest BCUT2D eigenvalue weighted by molar-refractivity contribution is 5.94. The van der Waals surface area contributed by atoms with E-state index in [1.165, 1.54) is 47.9 Å². The lowest BCUT2D eigenvalue weighted by Gasteiger charge is -2.34. The van der Waals surface area contributed by atoms with E-state index in [9.17, 15) is 0 Å². The fourth-order valence-electron chi connectivity index (χ4n) is 5.91. The Kier molecular flexibility index (Phi) is 11.9. The molecule has 0 aromatic heterocycles. The molecular weight excluding hydrogens is 544 g/mol. The molecule has 0 aliphatic heterocycles. The van der Waals surface area contributed by atoms with Crippen molar-refractivity contribution in [2.24, 2.45) is 4.99 Å². The van der Waals surface area contributed by atoms with Gasteiger partial charge in [0, 0.05) is 25.2 Å². The molecule has 0 unspecified atom stereocenters. The average molecular weight is 599 g/mol. The maximum absolute atomic E-state index is 6.74. The first kappa shape index (κ1) is 33.6. The number of hydrogen-bond acceptors (Lipinski definition) is 5. The zero-order chi connectivity index (χ0) is 31.6. The van der Waals surface area contributed by atoms with Crippen molar-refractivity contribution in [1.82, 2.24) is 4.90 Å². The van der Waals surface area contributed by atoms with Crippen molar-refractivity contribution in [3.8, 4) is 5.75 Å². The Hall–Kier alpha value is -3.31. The van der Waals surface area contributed by atoms with Gasteiger partial charge in [0.05, 0.1) is 13.2 Å². The maximum atomic E-state index is 6.74. The van der Waals surface area contributed by atoms with Crippen LogP contribution in [-0.4, -0.2) is 48.2 Å². The van der Waals surface area contributed by atoms with Crippen molar-refractivity contribution in [2.45, 2.75) is 104 Å². The summed E-state index contributed by atoms with van der Waals surface area (Å²) in [5.74, 6) is 2.35. The molecule has 2 aliphatic carbocycles. The summed E-state index contributed by atoms with van der Waals surface area (Å²) in [6.45, 7) is 20.5. The maximum Gasteiger partial charge on any atom is 0.216 e. The SMILES string of the molecule is C=C(OC(C)(C)C)C(C)(C)Oc1ccc(CN(CCN=C(OCC)c2ccccc2)CC2=CC=CC2)c2c1CCCCCC2. The Bertz CT molecular complexity index is 1330. The monoisotopic (exact) mass is 598 g/mol. The predicted molar refractivity (Wildman–Crippen MR) is 184 cm³/mol. The number of fused-ring (bicyclic) bond motifs is 1. The van der Waals surface area contributed by atoms with Crippen LogP contribution in [0.25, 0.3) is 0 Å². The van der Waals surface area contributed by atoms with Crippen LogP contribution in [0.15, 0.2) is 83.6 Å². The van der Waals surface area contributed by atoms with E-state index < -0.39 is 5.60 Å². The molecule has 0 saturated carbocycles. The summed E-state index contributed by atoms with van der Waals surface area (Å²) < 4.78 is 18.8. The van der Waals surface area contributed by atoms with Crippen molar-refractivity contribution >= 4 is 5.90 Å². The summed E-state index contributed by atoms with van der Waals surface area (Å²) in [7, 11) is 0. The molecule has 0 saturated heterocycles. The van der Waals surface area contributed by atoms with Gasteiger partial charge in [-0.25, -0.2) is 4.99 Å². The molecule has 0 amide bonds. The van der Waals surface area contributed by atoms with Crippen molar-refractivity contribution in [2.75, 3.05) is 26.2 Å². The molecule has 0 bridgehead atoms. The largest absolute Gasteiger partial charge is 0.489 e. The van der Waals surface area contributed by atoms with Crippen molar-refractivity contribution in [1.29, 1.82) is 0 Å². The minimum atomic E-state index is -0.645. The third-order valence-corrected chi connectivity index (χ3v) is 8.20.